The molecular formula is C20H28ClNO6S. The molecule has 162 valence electrons. The number of piperidine rings is 1. The molecule has 29 heavy (non-hydrogen) atoms. The minimum absolute atomic E-state index is 0.0911. The van der Waals surface area contributed by atoms with Crippen molar-refractivity contribution in [2.24, 2.45) is 5.92 Å². The van der Waals surface area contributed by atoms with Gasteiger partial charge in [0.05, 0.1) is 11.7 Å². The van der Waals surface area contributed by atoms with Crippen molar-refractivity contribution in [3.05, 3.63) is 35.9 Å². The molecule has 0 N–H and O–H groups in total. The average Bonchev–Trinajstić information content (AvgIpc) is 2.63. The van der Waals surface area contributed by atoms with Crippen LogP contribution in [0.25, 0.3) is 0 Å². The molecular weight excluding hydrogens is 418 g/mol. The first kappa shape index (κ1) is 23.5. The molecule has 1 fully saturated rings. The summed E-state index contributed by atoms with van der Waals surface area (Å²) in [7, 11) is 1.48. The van der Waals surface area contributed by atoms with Crippen LogP contribution in [0.1, 0.15) is 45.6 Å². The summed E-state index contributed by atoms with van der Waals surface area (Å²) in [6.07, 6.45) is 1.39. The van der Waals surface area contributed by atoms with Gasteiger partial charge >= 0.3 is 12.1 Å². The lowest BCUT2D eigenvalue weighted by Crippen LogP contribution is -2.52. The predicted octanol–water partition coefficient (Wildman–Crippen LogP) is 3.70. The summed E-state index contributed by atoms with van der Waals surface area (Å²) in [5.41, 5.74) is 0.0417. The van der Waals surface area contributed by atoms with Gasteiger partial charge in [-0.3, -0.25) is 4.79 Å². The second-order valence-corrected chi connectivity index (χ2v) is 11.0. The van der Waals surface area contributed by atoms with E-state index in [2.05, 4.69) is 0 Å². The molecule has 0 bridgehead atoms. The summed E-state index contributed by atoms with van der Waals surface area (Å²) < 4.78 is 34.4. The zero-order valence-corrected chi connectivity index (χ0v) is 18.5. The Morgan fingerprint density at radius 3 is 2.45 bits per heavy atom. The minimum atomic E-state index is -3.99. The van der Waals surface area contributed by atoms with Gasteiger partial charge < -0.3 is 14.4 Å². The van der Waals surface area contributed by atoms with Gasteiger partial charge in [-0.25, -0.2) is 13.2 Å². The zero-order chi connectivity index (χ0) is 21.7. The van der Waals surface area contributed by atoms with Crippen LogP contribution in [0.4, 0.5) is 4.79 Å². The summed E-state index contributed by atoms with van der Waals surface area (Å²) in [6, 6.07) is 8.57. The molecule has 2 unspecified atom stereocenters. The first-order valence-electron chi connectivity index (χ1n) is 9.59. The molecule has 0 radical (unpaired) electrons. The maximum Gasteiger partial charge on any atom is 0.410 e. The summed E-state index contributed by atoms with van der Waals surface area (Å²) in [4.78, 5) is 26.9. The number of carbonyl (C=O) groups is 2. The van der Waals surface area contributed by atoms with Crippen LogP contribution < -0.4 is 0 Å². The van der Waals surface area contributed by atoms with Gasteiger partial charge in [-0.2, -0.15) is 0 Å². The quantitative estimate of drug-likeness (QED) is 0.489. The van der Waals surface area contributed by atoms with E-state index >= 15 is 0 Å². The monoisotopic (exact) mass is 445 g/mol. The Morgan fingerprint density at radius 1 is 1.21 bits per heavy atom. The van der Waals surface area contributed by atoms with Crippen molar-refractivity contribution in [1.29, 1.82) is 0 Å². The number of hydrogen-bond donors (Lipinski definition) is 0. The first-order chi connectivity index (χ1) is 13.5. The number of esters is 1. The molecule has 1 heterocycles. The second-order valence-electron chi connectivity index (χ2n) is 8.14. The van der Waals surface area contributed by atoms with Crippen LogP contribution in [0, 0.1) is 5.92 Å². The first-order valence-corrected chi connectivity index (χ1v) is 12.1. The fourth-order valence-corrected chi connectivity index (χ4v) is 4.53. The molecule has 1 aromatic rings. The Hall–Kier alpha value is -1.80. The lowest BCUT2D eigenvalue weighted by molar-refractivity contribution is -0.161. The van der Waals surface area contributed by atoms with Gasteiger partial charge in [0.1, 0.15) is 12.2 Å². The lowest BCUT2D eigenvalue weighted by atomic mass is 9.91. The fourth-order valence-electron chi connectivity index (χ4n) is 3.33. The van der Waals surface area contributed by atoms with Crippen LogP contribution in [0.5, 0.6) is 0 Å². The third-order valence-electron chi connectivity index (χ3n) is 4.54. The van der Waals surface area contributed by atoms with Crippen molar-refractivity contribution in [2.75, 3.05) is 12.3 Å². The van der Waals surface area contributed by atoms with E-state index in [-0.39, 0.29) is 6.61 Å². The Bertz CT molecular complexity index is 806. The number of hydrogen-bond acceptors (Lipinski definition) is 6. The van der Waals surface area contributed by atoms with Gasteiger partial charge in [0.2, 0.25) is 9.05 Å². The third-order valence-corrected chi connectivity index (χ3v) is 5.68. The van der Waals surface area contributed by atoms with E-state index in [9.17, 15) is 18.0 Å². The third kappa shape index (κ3) is 7.85. The molecule has 0 saturated carbocycles. The number of likely N-dealkylation sites (tertiary alicyclic amines) is 1. The number of nitrogens with zero attached hydrogens (tertiary/aromatic N) is 1. The van der Waals surface area contributed by atoms with E-state index in [0.29, 0.717) is 13.0 Å². The van der Waals surface area contributed by atoms with Gasteiger partial charge in [0.15, 0.2) is 0 Å². The van der Waals surface area contributed by atoms with E-state index in [4.69, 9.17) is 20.2 Å². The van der Waals surface area contributed by atoms with Crippen molar-refractivity contribution < 1.29 is 27.5 Å². The topological polar surface area (TPSA) is 90.0 Å². The molecule has 1 aliphatic rings. The van der Waals surface area contributed by atoms with Crippen molar-refractivity contribution >= 4 is 31.8 Å². The van der Waals surface area contributed by atoms with Gasteiger partial charge in [-0.1, -0.05) is 30.3 Å². The van der Waals surface area contributed by atoms with E-state index in [1.165, 1.54) is 4.90 Å². The highest BCUT2D eigenvalue weighted by Gasteiger charge is 2.41. The zero-order valence-electron chi connectivity index (χ0n) is 17.0. The molecule has 1 aliphatic heterocycles. The highest BCUT2D eigenvalue weighted by atomic mass is 35.7. The van der Waals surface area contributed by atoms with E-state index in [0.717, 1.165) is 18.4 Å². The van der Waals surface area contributed by atoms with Crippen LogP contribution in [-0.2, 0) is 29.9 Å². The number of carbonyl (C=O) groups excluding carboxylic acids is 2. The Kier molecular flexibility index (Phi) is 7.94. The molecule has 2 atom stereocenters. The van der Waals surface area contributed by atoms with Crippen LogP contribution >= 0.6 is 10.7 Å². The molecule has 0 spiro atoms. The number of amides is 1. The molecule has 7 nitrogen and oxygen atoms in total. The molecule has 0 aromatic heterocycles. The molecule has 1 amide bonds. The number of rotatable bonds is 6. The molecule has 1 aromatic carbocycles. The van der Waals surface area contributed by atoms with Gasteiger partial charge in [0, 0.05) is 23.3 Å². The summed E-state index contributed by atoms with van der Waals surface area (Å²) in [5, 5.41) is 0. The SMILES string of the molecule is CC(C)(C)OC(=O)C(CS(=O)(=O)Cl)C1CCCCN1C(=O)OCc1ccccc1. The summed E-state index contributed by atoms with van der Waals surface area (Å²) in [6.45, 7) is 5.56. The lowest BCUT2D eigenvalue weighted by Gasteiger charge is -2.39. The highest BCUT2D eigenvalue weighted by molar-refractivity contribution is 8.13. The summed E-state index contributed by atoms with van der Waals surface area (Å²) in [5.74, 6) is -2.37. The van der Waals surface area contributed by atoms with E-state index in [1.54, 1.807) is 20.8 Å². The Morgan fingerprint density at radius 2 is 1.86 bits per heavy atom. The van der Waals surface area contributed by atoms with Gasteiger partial charge in [0.25, 0.3) is 0 Å². The van der Waals surface area contributed by atoms with E-state index < -0.39 is 44.4 Å². The fraction of sp³-hybridized carbons (Fsp3) is 0.600. The normalized spacial score (nSPS) is 18.8. The van der Waals surface area contributed by atoms with Crippen LogP contribution in [-0.4, -0.2) is 49.3 Å². The Balaban J connectivity index is 2.19. The van der Waals surface area contributed by atoms with Gasteiger partial charge in [-0.15, -0.1) is 0 Å². The molecule has 9 heteroatoms. The van der Waals surface area contributed by atoms with Crippen molar-refractivity contribution in [3.63, 3.8) is 0 Å². The van der Waals surface area contributed by atoms with Crippen molar-refractivity contribution in [2.45, 2.75) is 58.3 Å². The maximum absolute atomic E-state index is 12.8. The van der Waals surface area contributed by atoms with Crippen LogP contribution in [0.2, 0.25) is 0 Å². The van der Waals surface area contributed by atoms with Crippen molar-refractivity contribution in [3.8, 4) is 0 Å². The van der Waals surface area contributed by atoms with Crippen molar-refractivity contribution in [1.82, 2.24) is 4.90 Å². The number of ether oxygens (including phenoxy) is 2. The standard InChI is InChI=1S/C20H28ClNO6S/c1-20(2,3)28-18(23)16(14-29(21,25)26)17-11-7-8-12-22(17)19(24)27-13-15-9-5-4-6-10-15/h4-6,9-10,16-17H,7-8,11-14H2,1-3H3. The number of halogens is 1. The highest BCUT2D eigenvalue weighted by Crippen LogP contribution is 2.28. The minimum Gasteiger partial charge on any atom is -0.460 e. The Labute approximate surface area is 176 Å². The van der Waals surface area contributed by atoms with Crippen LogP contribution in [0.15, 0.2) is 30.3 Å². The van der Waals surface area contributed by atoms with Gasteiger partial charge in [-0.05, 0) is 45.6 Å². The largest absolute Gasteiger partial charge is 0.460 e. The van der Waals surface area contributed by atoms with Crippen LogP contribution in [0.3, 0.4) is 0 Å². The maximum atomic E-state index is 12.8. The molecule has 1 saturated heterocycles. The molecule has 2 rings (SSSR count). The average molecular weight is 446 g/mol. The molecule has 0 aliphatic carbocycles. The smallest absolute Gasteiger partial charge is 0.410 e. The summed E-state index contributed by atoms with van der Waals surface area (Å²) >= 11 is 0. The van der Waals surface area contributed by atoms with E-state index in [1.807, 2.05) is 30.3 Å². The number of benzene rings is 1. The second kappa shape index (κ2) is 9.80. The predicted molar refractivity (Wildman–Crippen MR) is 110 cm³/mol.